The van der Waals surface area contributed by atoms with Crippen LogP contribution >= 0.6 is 0 Å². The van der Waals surface area contributed by atoms with Gasteiger partial charge in [-0.3, -0.25) is 0 Å². The Morgan fingerprint density at radius 2 is 2.44 bits per heavy atom. The van der Waals surface area contributed by atoms with Crippen molar-refractivity contribution in [3.8, 4) is 6.07 Å². The first kappa shape index (κ1) is 11.0. The molecule has 1 aliphatic rings. The average Bonchev–Trinajstić information content (AvgIpc) is 3.05. The van der Waals surface area contributed by atoms with Crippen molar-refractivity contribution in [3.63, 3.8) is 0 Å². The van der Waals surface area contributed by atoms with Crippen LogP contribution in [0.4, 0.5) is 0 Å². The van der Waals surface area contributed by atoms with Gasteiger partial charge in [0.2, 0.25) is 0 Å². The van der Waals surface area contributed by atoms with E-state index in [1.54, 1.807) is 12.1 Å². The highest BCUT2D eigenvalue weighted by molar-refractivity contribution is 5.69. The summed E-state index contributed by atoms with van der Waals surface area (Å²) in [5.74, 6) is 0. The Morgan fingerprint density at radius 3 is 2.75 bits per heavy atom. The molecule has 3 heteroatoms. The van der Waals surface area contributed by atoms with E-state index in [1.165, 1.54) is 25.8 Å². The van der Waals surface area contributed by atoms with Gasteiger partial charge in [-0.05, 0) is 37.9 Å². The fraction of sp³-hybridized carbons (Fsp3) is 0.462. The van der Waals surface area contributed by atoms with E-state index < -0.39 is 0 Å². The highest BCUT2D eigenvalue weighted by atomic mass is 16.3. The summed E-state index contributed by atoms with van der Waals surface area (Å²) in [5, 5.41) is 11.8. The van der Waals surface area contributed by atoms with Crippen molar-refractivity contribution in [2.24, 2.45) is 0 Å². The molecular formula is C13H16N2O. The maximum Gasteiger partial charge on any atom is 0.145 e. The lowest BCUT2D eigenvalue weighted by Gasteiger charge is -2.02. The van der Waals surface area contributed by atoms with Gasteiger partial charge in [-0.1, -0.05) is 6.92 Å². The van der Waals surface area contributed by atoms with Gasteiger partial charge in [-0.2, -0.15) is 5.26 Å². The lowest BCUT2D eigenvalue weighted by Crippen LogP contribution is -2.19. The van der Waals surface area contributed by atoms with E-state index in [9.17, 15) is 0 Å². The molecular weight excluding hydrogens is 200 g/mol. The summed E-state index contributed by atoms with van der Waals surface area (Å²) in [6, 6.07) is 8.24. The molecule has 3 rings (SSSR count). The third kappa shape index (κ3) is 2.34. The molecule has 0 saturated carbocycles. The van der Waals surface area contributed by atoms with E-state index in [4.69, 9.17) is 9.68 Å². The van der Waals surface area contributed by atoms with Crippen molar-refractivity contribution in [1.29, 1.82) is 5.26 Å². The van der Waals surface area contributed by atoms with E-state index in [-0.39, 0.29) is 0 Å². The molecule has 0 aliphatic carbocycles. The van der Waals surface area contributed by atoms with Crippen LogP contribution in [-0.4, -0.2) is 12.6 Å². The minimum Gasteiger partial charge on any atom is -0.456 e. The molecule has 2 bridgehead atoms. The fourth-order valence-electron chi connectivity index (χ4n) is 1.98. The lowest BCUT2D eigenvalue weighted by atomic mass is 10.2. The molecule has 0 aromatic carbocycles. The van der Waals surface area contributed by atoms with Gasteiger partial charge in [-0.15, -0.1) is 0 Å². The molecule has 16 heavy (non-hydrogen) atoms. The van der Waals surface area contributed by atoms with Gasteiger partial charge in [-0.25, -0.2) is 0 Å². The van der Waals surface area contributed by atoms with Crippen molar-refractivity contribution >= 4 is 11.2 Å². The van der Waals surface area contributed by atoms with Gasteiger partial charge >= 0.3 is 0 Å². The van der Waals surface area contributed by atoms with Crippen LogP contribution in [0.2, 0.25) is 0 Å². The van der Waals surface area contributed by atoms with Gasteiger partial charge in [0.05, 0.1) is 5.56 Å². The smallest absolute Gasteiger partial charge is 0.145 e. The van der Waals surface area contributed by atoms with Crippen molar-refractivity contribution in [2.75, 3.05) is 6.54 Å². The Balaban J connectivity index is 0.000000125. The predicted octanol–water partition coefficient (Wildman–Crippen LogP) is 2.89. The molecule has 1 aliphatic heterocycles. The quantitative estimate of drug-likeness (QED) is 0.797. The van der Waals surface area contributed by atoms with Crippen LogP contribution < -0.4 is 5.32 Å². The highest BCUT2D eigenvalue weighted by Gasteiger charge is 2.09. The number of rotatable bonds is 1. The Kier molecular flexibility index (Phi) is 3.43. The third-order valence-electron chi connectivity index (χ3n) is 2.95. The molecule has 1 fully saturated rings. The van der Waals surface area contributed by atoms with Crippen LogP contribution in [0.5, 0.6) is 0 Å². The monoisotopic (exact) mass is 216 g/mol. The number of furan rings is 2. The van der Waals surface area contributed by atoms with Crippen LogP contribution in [0, 0.1) is 11.3 Å². The second-order valence-electron chi connectivity index (χ2n) is 4.07. The Labute approximate surface area is 95.4 Å². The topological polar surface area (TPSA) is 49.0 Å². The van der Waals surface area contributed by atoms with Crippen molar-refractivity contribution in [1.82, 2.24) is 5.32 Å². The normalized spacial score (nSPS) is 19.4. The molecule has 1 N–H and O–H groups in total. The minimum atomic E-state index is 0.632. The highest BCUT2D eigenvalue weighted by Crippen LogP contribution is 2.20. The van der Waals surface area contributed by atoms with E-state index in [1.807, 2.05) is 12.1 Å². The minimum absolute atomic E-state index is 0.632. The largest absolute Gasteiger partial charge is 0.456 e. The summed E-state index contributed by atoms with van der Waals surface area (Å²) in [6.07, 6.45) is 4.09. The maximum atomic E-state index is 8.42. The molecule has 3 nitrogen and oxygen atoms in total. The first-order valence-electron chi connectivity index (χ1n) is 5.79. The van der Waals surface area contributed by atoms with Gasteiger partial charge in [0.1, 0.15) is 17.2 Å². The number of nitriles is 1. The summed E-state index contributed by atoms with van der Waals surface area (Å²) in [4.78, 5) is 0. The number of benzene rings is 1. The summed E-state index contributed by atoms with van der Waals surface area (Å²) < 4.78 is 5.08. The van der Waals surface area contributed by atoms with Gasteiger partial charge < -0.3 is 9.73 Å². The number of hydrogen-bond donors (Lipinski definition) is 1. The van der Waals surface area contributed by atoms with E-state index in [0.717, 1.165) is 11.6 Å². The zero-order valence-electron chi connectivity index (χ0n) is 9.49. The Morgan fingerprint density at radius 1 is 1.56 bits per heavy atom. The first-order valence-corrected chi connectivity index (χ1v) is 5.79. The van der Waals surface area contributed by atoms with E-state index in [2.05, 4.69) is 12.2 Å². The van der Waals surface area contributed by atoms with Crippen LogP contribution in [0.25, 0.3) is 11.2 Å². The summed E-state index contributed by atoms with van der Waals surface area (Å²) in [5.41, 5.74) is 2.10. The van der Waals surface area contributed by atoms with Gasteiger partial charge in [0, 0.05) is 12.1 Å². The number of fused-ring (bicyclic) bond motifs is 2. The predicted molar refractivity (Wildman–Crippen MR) is 63.4 cm³/mol. The van der Waals surface area contributed by atoms with Crippen molar-refractivity contribution in [2.45, 2.75) is 32.2 Å². The molecule has 2 aromatic heterocycles. The number of hydrogen-bond acceptors (Lipinski definition) is 3. The van der Waals surface area contributed by atoms with E-state index in [0.29, 0.717) is 11.1 Å². The summed E-state index contributed by atoms with van der Waals surface area (Å²) in [6.45, 7) is 3.49. The average molecular weight is 216 g/mol. The standard InChI is InChI=1S/C7H3NO.C6H13N/c8-4-5-3-6-1-2-7(5)9-6;1-2-6-4-3-5-7-6/h1-3H;6-7H,2-5H2,1H3. The fourth-order valence-corrected chi connectivity index (χ4v) is 1.98. The zero-order valence-corrected chi connectivity index (χ0v) is 9.49. The second-order valence-corrected chi connectivity index (χ2v) is 4.07. The molecule has 0 amide bonds. The first-order chi connectivity index (χ1) is 7.83. The third-order valence-corrected chi connectivity index (χ3v) is 2.95. The summed E-state index contributed by atoms with van der Waals surface area (Å²) >= 11 is 0. The summed E-state index contributed by atoms with van der Waals surface area (Å²) in [7, 11) is 0. The van der Waals surface area contributed by atoms with E-state index >= 15 is 0 Å². The van der Waals surface area contributed by atoms with Crippen LogP contribution in [0.15, 0.2) is 22.6 Å². The number of nitrogens with zero attached hydrogens (tertiary/aromatic N) is 1. The molecule has 1 unspecified atom stereocenters. The molecule has 0 radical (unpaired) electrons. The van der Waals surface area contributed by atoms with Gasteiger partial charge in [0.15, 0.2) is 0 Å². The SMILES string of the molecule is CCC1CCCN1.N#Cc1cc2ccc1o2. The zero-order chi connectivity index (χ0) is 11.4. The molecule has 0 spiro atoms. The maximum absolute atomic E-state index is 8.42. The number of nitrogens with one attached hydrogen (secondary N) is 1. The Bertz CT molecular complexity index is 463. The Hall–Kier alpha value is -1.53. The molecule has 1 atom stereocenters. The lowest BCUT2D eigenvalue weighted by molar-refractivity contribution is 0.587. The van der Waals surface area contributed by atoms with Crippen LogP contribution in [-0.2, 0) is 0 Å². The second kappa shape index (κ2) is 5.00. The van der Waals surface area contributed by atoms with Crippen molar-refractivity contribution in [3.05, 3.63) is 23.8 Å². The van der Waals surface area contributed by atoms with Gasteiger partial charge in [0.25, 0.3) is 0 Å². The molecule has 2 aromatic rings. The molecule has 3 heterocycles. The van der Waals surface area contributed by atoms with Crippen LogP contribution in [0.1, 0.15) is 31.7 Å². The molecule has 1 saturated heterocycles. The van der Waals surface area contributed by atoms with Crippen molar-refractivity contribution < 1.29 is 4.42 Å². The molecule has 84 valence electrons. The van der Waals surface area contributed by atoms with Crippen LogP contribution in [0.3, 0.4) is 0 Å².